The molecule has 1 saturated carbocycles. The third kappa shape index (κ3) is 2.89. The van der Waals surface area contributed by atoms with Gasteiger partial charge in [0, 0.05) is 18.2 Å². The van der Waals surface area contributed by atoms with Crippen LogP contribution in [0.25, 0.3) is 0 Å². The van der Waals surface area contributed by atoms with Crippen molar-refractivity contribution in [1.29, 1.82) is 0 Å². The van der Waals surface area contributed by atoms with Crippen LogP contribution in [0.4, 0.5) is 0 Å². The standard InChI is InChI=1S/C20H23N3O3/c1-26-17-8-3-2-6-15(17)20(9-10-20)19(25)21-11-12-23-18(24)13-14-5-4-7-16(14)22-23/h2-3,6,8,13H,4-5,7,9-12H2,1H3,(H,21,25). The van der Waals surface area contributed by atoms with Gasteiger partial charge in [-0.05, 0) is 43.7 Å². The monoisotopic (exact) mass is 353 g/mol. The molecule has 0 unspecified atom stereocenters. The number of nitrogens with zero attached hydrogens (tertiary/aromatic N) is 2. The second-order valence-corrected chi connectivity index (χ2v) is 7.07. The lowest BCUT2D eigenvalue weighted by atomic mass is 9.94. The molecule has 1 aromatic carbocycles. The van der Waals surface area contributed by atoms with Crippen molar-refractivity contribution in [2.24, 2.45) is 0 Å². The number of nitrogens with one attached hydrogen (secondary N) is 1. The average molecular weight is 353 g/mol. The van der Waals surface area contributed by atoms with E-state index in [0.29, 0.717) is 13.1 Å². The van der Waals surface area contributed by atoms with Gasteiger partial charge in [0.05, 0.1) is 24.8 Å². The van der Waals surface area contributed by atoms with Crippen molar-refractivity contribution in [3.8, 4) is 5.75 Å². The fourth-order valence-electron chi connectivity index (χ4n) is 3.83. The Bertz CT molecular complexity index is 899. The molecule has 26 heavy (non-hydrogen) atoms. The molecule has 1 heterocycles. The first kappa shape index (κ1) is 16.8. The number of aryl methyl sites for hydroxylation is 2. The van der Waals surface area contributed by atoms with E-state index in [1.165, 1.54) is 4.68 Å². The highest BCUT2D eigenvalue weighted by molar-refractivity contribution is 5.92. The molecule has 0 bridgehead atoms. The van der Waals surface area contributed by atoms with Crippen LogP contribution in [-0.2, 0) is 29.6 Å². The summed E-state index contributed by atoms with van der Waals surface area (Å²) in [7, 11) is 1.62. The third-order valence-corrected chi connectivity index (χ3v) is 5.44. The van der Waals surface area contributed by atoms with Crippen LogP contribution in [-0.4, -0.2) is 29.3 Å². The minimum absolute atomic E-state index is 0.00351. The van der Waals surface area contributed by atoms with Gasteiger partial charge in [-0.25, -0.2) is 4.68 Å². The summed E-state index contributed by atoms with van der Waals surface area (Å²) < 4.78 is 6.88. The Morgan fingerprint density at radius 1 is 1.31 bits per heavy atom. The van der Waals surface area contributed by atoms with Gasteiger partial charge in [0.15, 0.2) is 0 Å². The Labute approximate surface area is 152 Å². The van der Waals surface area contributed by atoms with E-state index in [2.05, 4.69) is 10.4 Å². The van der Waals surface area contributed by atoms with Crippen LogP contribution in [0.15, 0.2) is 35.1 Å². The SMILES string of the molecule is COc1ccccc1C1(C(=O)NCCn2nc3c(cc2=O)CCC3)CC1. The van der Waals surface area contributed by atoms with Crippen molar-refractivity contribution in [1.82, 2.24) is 15.1 Å². The molecule has 0 aliphatic heterocycles. The average Bonchev–Trinajstić information content (AvgIpc) is 3.35. The second-order valence-electron chi connectivity index (χ2n) is 7.07. The first-order chi connectivity index (χ1) is 12.6. The van der Waals surface area contributed by atoms with Gasteiger partial charge in [0.25, 0.3) is 5.56 Å². The molecule has 0 atom stereocenters. The predicted molar refractivity (Wildman–Crippen MR) is 97.4 cm³/mol. The summed E-state index contributed by atoms with van der Waals surface area (Å²) in [5.74, 6) is 0.743. The van der Waals surface area contributed by atoms with Crippen LogP contribution in [0.5, 0.6) is 5.75 Å². The van der Waals surface area contributed by atoms with E-state index in [1.54, 1.807) is 13.2 Å². The Morgan fingerprint density at radius 3 is 2.88 bits per heavy atom. The molecule has 0 saturated heterocycles. The molecule has 2 aliphatic carbocycles. The van der Waals surface area contributed by atoms with Crippen LogP contribution in [0.1, 0.15) is 36.1 Å². The zero-order valence-corrected chi connectivity index (χ0v) is 15.0. The van der Waals surface area contributed by atoms with E-state index in [-0.39, 0.29) is 11.5 Å². The maximum absolute atomic E-state index is 12.8. The van der Waals surface area contributed by atoms with Crippen LogP contribution < -0.4 is 15.6 Å². The number of aromatic nitrogens is 2. The number of fused-ring (bicyclic) bond motifs is 1. The van der Waals surface area contributed by atoms with E-state index < -0.39 is 5.41 Å². The molecular formula is C20H23N3O3. The normalized spacial score (nSPS) is 16.8. The molecule has 136 valence electrons. The van der Waals surface area contributed by atoms with Crippen molar-refractivity contribution >= 4 is 5.91 Å². The predicted octanol–water partition coefficient (Wildman–Crippen LogP) is 1.59. The van der Waals surface area contributed by atoms with E-state index in [1.807, 2.05) is 24.3 Å². The van der Waals surface area contributed by atoms with E-state index in [9.17, 15) is 9.59 Å². The molecule has 2 aliphatic rings. The number of amides is 1. The van der Waals surface area contributed by atoms with E-state index in [4.69, 9.17) is 4.74 Å². The molecule has 1 fully saturated rings. The van der Waals surface area contributed by atoms with Gasteiger partial charge in [0.2, 0.25) is 5.91 Å². The quantitative estimate of drug-likeness (QED) is 0.856. The first-order valence-corrected chi connectivity index (χ1v) is 9.16. The lowest BCUT2D eigenvalue weighted by Gasteiger charge is -2.18. The third-order valence-electron chi connectivity index (χ3n) is 5.44. The zero-order valence-electron chi connectivity index (χ0n) is 15.0. The molecule has 1 aromatic heterocycles. The lowest BCUT2D eigenvalue weighted by molar-refractivity contribution is -0.123. The highest BCUT2D eigenvalue weighted by atomic mass is 16.5. The molecule has 1 amide bonds. The highest BCUT2D eigenvalue weighted by Gasteiger charge is 2.52. The molecule has 0 spiro atoms. The Balaban J connectivity index is 1.43. The Morgan fingerprint density at radius 2 is 2.12 bits per heavy atom. The fourth-order valence-corrected chi connectivity index (χ4v) is 3.83. The smallest absolute Gasteiger partial charge is 0.267 e. The van der Waals surface area contributed by atoms with Gasteiger partial charge in [-0.15, -0.1) is 0 Å². The van der Waals surface area contributed by atoms with Crippen LogP contribution in [0.2, 0.25) is 0 Å². The molecule has 6 nitrogen and oxygen atoms in total. The number of hydrogen-bond donors (Lipinski definition) is 1. The van der Waals surface area contributed by atoms with E-state index >= 15 is 0 Å². The number of ether oxygens (including phenoxy) is 1. The Hall–Kier alpha value is -2.63. The summed E-state index contributed by atoms with van der Waals surface area (Å²) in [4.78, 5) is 24.9. The molecular weight excluding hydrogens is 330 g/mol. The maximum Gasteiger partial charge on any atom is 0.267 e. The maximum atomic E-state index is 12.8. The van der Waals surface area contributed by atoms with Gasteiger partial charge < -0.3 is 10.1 Å². The summed E-state index contributed by atoms with van der Waals surface area (Å²) in [6.07, 6.45) is 4.56. The first-order valence-electron chi connectivity index (χ1n) is 9.16. The number of para-hydroxylation sites is 1. The summed E-state index contributed by atoms with van der Waals surface area (Å²) in [5.41, 5.74) is 2.44. The number of methoxy groups -OCH3 is 1. The van der Waals surface area contributed by atoms with E-state index in [0.717, 1.165) is 54.7 Å². The molecule has 1 N–H and O–H groups in total. The highest BCUT2D eigenvalue weighted by Crippen LogP contribution is 2.51. The number of carbonyl (C=O) groups excluding carboxylic acids is 1. The van der Waals surface area contributed by atoms with Crippen molar-refractivity contribution in [3.05, 3.63) is 57.5 Å². The molecule has 2 aromatic rings. The largest absolute Gasteiger partial charge is 0.496 e. The minimum atomic E-state index is -0.497. The van der Waals surface area contributed by atoms with Gasteiger partial charge in [0.1, 0.15) is 5.75 Å². The van der Waals surface area contributed by atoms with Crippen molar-refractivity contribution in [3.63, 3.8) is 0 Å². The van der Waals surface area contributed by atoms with Gasteiger partial charge in [-0.2, -0.15) is 5.10 Å². The number of rotatable bonds is 6. The Kier molecular flexibility index (Phi) is 4.26. The van der Waals surface area contributed by atoms with Crippen LogP contribution in [0, 0.1) is 0 Å². The molecule has 6 heteroatoms. The van der Waals surface area contributed by atoms with Crippen molar-refractivity contribution < 1.29 is 9.53 Å². The molecule has 4 rings (SSSR count). The number of carbonyl (C=O) groups is 1. The number of benzene rings is 1. The topological polar surface area (TPSA) is 73.2 Å². The lowest BCUT2D eigenvalue weighted by Crippen LogP contribution is -2.38. The second kappa shape index (κ2) is 6.59. The zero-order chi connectivity index (χ0) is 18.1. The summed E-state index contributed by atoms with van der Waals surface area (Å²) in [5, 5.41) is 7.43. The number of hydrogen-bond acceptors (Lipinski definition) is 4. The minimum Gasteiger partial charge on any atom is -0.496 e. The summed E-state index contributed by atoms with van der Waals surface area (Å²) in [6, 6.07) is 9.37. The van der Waals surface area contributed by atoms with Gasteiger partial charge >= 0.3 is 0 Å². The van der Waals surface area contributed by atoms with Crippen LogP contribution >= 0.6 is 0 Å². The molecule has 0 radical (unpaired) electrons. The van der Waals surface area contributed by atoms with Crippen LogP contribution in [0.3, 0.4) is 0 Å². The summed E-state index contributed by atoms with van der Waals surface area (Å²) in [6.45, 7) is 0.779. The fraction of sp³-hybridized carbons (Fsp3) is 0.450. The summed E-state index contributed by atoms with van der Waals surface area (Å²) >= 11 is 0. The van der Waals surface area contributed by atoms with Gasteiger partial charge in [-0.1, -0.05) is 18.2 Å². The van der Waals surface area contributed by atoms with Crippen molar-refractivity contribution in [2.75, 3.05) is 13.7 Å². The van der Waals surface area contributed by atoms with Gasteiger partial charge in [-0.3, -0.25) is 9.59 Å². The van der Waals surface area contributed by atoms with Crippen molar-refractivity contribution in [2.45, 2.75) is 44.1 Å².